The predicted molar refractivity (Wildman–Crippen MR) is 215 cm³/mol. The van der Waals surface area contributed by atoms with Gasteiger partial charge in [-0.05, 0) is 76.2 Å². The van der Waals surface area contributed by atoms with Crippen LogP contribution in [0.15, 0.2) is 0 Å². The van der Waals surface area contributed by atoms with Crippen molar-refractivity contribution in [2.75, 3.05) is 32.8 Å². The molecule has 336 valence electrons. The number of nitrogens with two attached hydrogens (primary N) is 2. The summed E-state index contributed by atoms with van der Waals surface area (Å²) in [5.74, 6) is -7.17. The first-order valence-electron chi connectivity index (χ1n) is 20.3. The number of nitrogens with zero attached hydrogens (tertiary/aromatic N) is 1. The zero-order valence-electron chi connectivity index (χ0n) is 35.4. The van der Waals surface area contributed by atoms with Gasteiger partial charge in [0.15, 0.2) is 0 Å². The Hall–Kier alpha value is -4.89. The van der Waals surface area contributed by atoms with Crippen LogP contribution in [0.3, 0.4) is 0 Å². The average molecular weight is 841 g/mol. The molecule has 0 bridgehead atoms. The Kier molecular flexibility index (Phi) is 23.2. The largest absolute Gasteiger partial charge is 0.480 e. The molecule has 21 heteroatoms. The summed E-state index contributed by atoms with van der Waals surface area (Å²) in [4.78, 5) is 117. The van der Waals surface area contributed by atoms with Crippen molar-refractivity contribution in [3.05, 3.63) is 0 Å². The van der Waals surface area contributed by atoms with Gasteiger partial charge < -0.3 is 63.8 Å². The molecule has 8 amide bonds. The van der Waals surface area contributed by atoms with Gasteiger partial charge in [0.1, 0.15) is 42.8 Å². The van der Waals surface area contributed by atoms with Gasteiger partial charge in [-0.1, -0.05) is 41.5 Å². The molecule has 21 nitrogen and oxygen atoms in total. The van der Waals surface area contributed by atoms with Crippen LogP contribution < -0.4 is 48.7 Å². The lowest BCUT2D eigenvalue weighted by Gasteiger charge is -2.29. The minimum absolute atomic E-state index is 0.106. The summed E-state index contributed by atoms with van der Waals surface area (Å²) in [6.07, 6.45) is 2.31. The SMILES string of the molecule is CC(C)C[C@H](NC(=O)CNC(=O)[C@H](CCCCN)NC(=O)[C@H](C)NC(=O)[C@@H](NC(=O)[C@@H](N)CC(C)C)C(C)C)C(=O)N[C@@H](CO)C(=O)N1CCC[C@H]1C(=O)NCC(=O)O. The Morgan fingerprint density at radius 2 is 1.32 bits per heavy atom. The Bertz CT molecular complexity index is 1460. The topological polar surface area (TPSA) is 334 Å². The highest BCUT2D eigenvalue weighted by Gasteiger charge is 2.38. The number of likely N-dealkylation sites (tertiary alicyclic amines) is 1. The van der Waals surface area contributed by atoms with Gasteiger partial charge in [-0.15, -0.1) is 0 Å². The molecule has 1 fully saturated rings. The van der Waals surface area contributed by atoms with Crippen LogP contribution in [0.2, 0.25) is 0 Å². The first-order valence-corrected chi connectivity index (χ1v) is 20.3. The molecule has 0 unspecified atom stereocenters. The molecule has 59 heavy (non-hydrogen) atoms. The van der Waals surface area contributed by atoms with Crippen molar-refractivity contribution in [2.24, 2.45) is 29.2 Å². The number of aliphatic carboxylic acids is 1. The minimum Gasteiger partial charge on any atom is -0.480 e. The fraction of sp³-hybridized carbons (Fsp3) is 0.763. The number of hydrogen-bond acceptors (Lipinski definition) is 12. The number of carbonyl (C=O) groups excluding carboxylic acids is 8. The highest BCUT2D eigenvalue weighted by molar-refractivity contribution is 5.97. The third-order valence-electron chi connectivity index (χ3n) is 9.47. The van der Waals surface area contributed by atoms with Crippen molar-refractivity contribution in [3.8, 4) is 0 Å². The predicted octanol–water partition coefficient (Wildman–Crippen LogP) is -3.06. The number of carbonyl (C=O) groups is 9. The van der Waals surface area contributed by atoms with E-state index in [2.05, 4.69) is 37.2 Å². The molecule has 0 spiro atoms. The first-order chi connectivity index (χ1) is 27.6. The van der Waals surface area contributed by atoms with E-state index in [4.69, 9.17) is 16.6 Å². The van der Waals surface area contributed by atoms with Crippen LogP contribution in [-0.2, 0) is 43.2 Å². The summed E-state index contributed by atoms with van der Waals surface area (Å²) in [5.41, 5.74) is 11.6. The smallest absolute Gasteiger partial charge is 0.322 e. The van der Waals surface area contributed by atoms with Gasteiger partial charge in [-0.25, -0.2) is 0 Å². The zero-order chi connectivity index (χ0) is 45.0. The maximum atomic E-state index is 13.4. The number of rotatable bonds is 26. The zero-order valence-corrected chi connectivity index (χ0v) is 35.4. The number of aliphatic hydroxyl groups is 1. The number of carboxylic acid groups (broad SMARTS) is 1. The van der Waals surface area contributed by atoms with Crippen LogP contribution in [0, 0.1) is 17.8 Å². The van der Waals surface area contributed by atoms with Gasteiger partial charge in [-0.3, -0.25) is 43.2 Å². The Balaban J connectivity index is 2.96. The number of aliphatic hydroxyl groups excluding tert-OH is 1. The van der Waals surface area contributed by atoms with Crippen molar-refractivity contribution in [1.29, 1.82) is 0 Å². The third-order valence-corrected chi connectivity index (χ3v) is 9.47. The normalized spacial score (nSPS) is 16.9. The molecule has 0 radical (unpaired) electrons. The van der Waals surface area contributed by atoms with Crippen LogP contribution in [0.5, 0.6) is 0 Å². The second-order valence-corrected chi connectivity index (χ2v) is 16.1. The minimum atomic E-state index is -1.48. The van der Waals surface area contributed by atoms with E-state index in [-0.39, 0.29) is 43.6 Å². The molecule has 1 rings (SSSR count). The lowest BCUT2D eigenvalue weighted by molar-refractivity contribution is -0.143. The van der Waals surface area contributed by atoms with Gasteiger partial charge in [0, 0.05) is 6.54 Å². The summed E-state index contributed by atoms with van der Waals surface area (Å²) >= 11 is 0. The maximum absolute atomic E-state index is 13.4. The fourth-order valence-electron chi connectivity index (χ4n) is 6.32. The molecule has 1 saturated heterocycles. The van der Waals surface area contributed by atoms with E-state index >= 15 is 0 Å². The highest BCUT2D eigenvalue weighted by Crippen LogP contribution is 2.19. The summed E-state index contributed by atoms with van der Waals surface area (Å²) in [5, 5.41) is 36.4. The quantitative estimate of drug-likeness (QED) is 0.0386. The molecule has 0 saturated carbocycles. The second kappa shape index (κ2) is 26.3. The van der Waals surface area contributed by atoms with Crippen LogP contribution >= 0.6 is 0 Å². The average Bonchev–Trinajstić information content (AvgIpc) is 3.65. The fourth-order valence-corrected chi connectivity index (χ4v) is 6.32. The number of unbranched alkanes of at least 4 members (excludes halogenated alkanes) is 1. The Morgan fingerprint density at radius 1 is 0.695 bits per heavy atom. The van der Waals surface area contributed by atoms with E-state index in [0.29, 0.717) is 32.2 Å². The maximum Gasteiger partial charge on any atom is 0.322 e. The van der Waals surface area contributed by atoms with E-state index in [1.165, 1.54) is 6.92 Å². The number of nitrogens with one attached hydrogen (secondary N) is 7. The lowest BCUT2D eigenvalue weighted by Crippen LogP contribution is -2.59. The molecule has 0 aliphatic carbocycles. The summed E-state index contributed by atoms with van der Waals surface area (Å²) in [7, 11) is 0. The Morgan fingerprint density at radius 3 is 1.88 bits per heavy atom. The monoisotopic (exact) mass is 841 g/mol. The second-order valence-electron chi connectivity index (χ2n) is 16.1. The van der Waals surface area contributed by atoms with Crippen LogP contribution in [0.25, 0.3) is 0 Å². The number of carboxylic acids is 1. The third kappa shape index (κ3) is 18.7. The molecule has 7 atom stereocenters. The van der Waals surface area contributed by atoms with E-state index in [9.17, 15) is 48.3 Å². The van der Waals surface area contributed by atoms with E-state index in [0.717, 1.165) is 4.90 Å². The first kappa shape index (κ1) is 52.1. The van der Waals surface area contributed by atoms with Gasteiger partial charge in [0.05, 0.1) is 19.2 Å². The number of amides is 8. The summed E-state index contributed by atoms with van der Waals surface area (Å²) < 4.78 is 0. The van der Waals surface area contributed by atoms with E-state index in [1.54, 1.807) is 27.7 Å². The van der Waals surface area contributed by atoms with Gasteiger partial charge in [0.2, 0.25) is 47.3 Å². The molecule has 0 aromatic carbocycles. The molecular formula is C38H68N10O11. The van der Waals surface area contributed by atoms with Gasteiger partial charge in [0.25, 0.3) is 0 Å². The van der Waals surface area contributed by atoms with Crippen LogP contribution in [0.1, 0.15) is 93.4 Å². The van der Waals surface area contributed by atoms with Crippen molar-refractivity contribution >= 4 is 53.2 Å². The van der Waals surface area contributed by atoms with Crippen LogP contribution in [-0.4, -0.2) is 143 Å². The molecule has 13 N–H and O–H groups in total. The molecule has 1 aliphatic rings. The van der Waals surface area contributed by atoms with Gasteiger partial charge in [-0.2, -0.15) is 0 Å². The standard InChI is InChI=1S/C38H68N10O11/c1-20(2)15-24(40)33(54)47-31(22(5)6)37(58)43-23(7)32(53)45-25(11-8-9-13-39)34(55)41-17-29(50)44-26(16-21(3)4)35(56)46-27(19-49)38(59)48-14-10-12-28(48)36(57)42-18-30(51)52/h20-28,31,49H,8-19,39-40H2,1-7H3,(H,41,55)(H,42,57)(H,43,58)(H,44,50)(H,45,53)(H,46,56)(H,47,54)(H,51,52)/t23-,24-,25-,26-,27-,28-,31-/m0/s1. The Labute approximate surface area is 346 Å². The molecular weight excluding hydrogens is 772 g/mol. The molecule has 0 aromatic heterocycles. The number of hydrogen-bond donors (Lipinski definition) is 11. The summed E-state index contributed by atoms with van der Waals surface area (Å²) in [6.45, 7) is 10.6. The van der Waals surface area contributed by atoms with Crippen molar-refractivity contribution < 1.29 is 53.4 Å². The van der Waals surface area contributed by atoms with Crippen molar-refractivity contribution in [2.45, 2.75) is 136 Å². The molecule has 0 aromatic rings. The lowest BCUT2D eigenvalue weighted by atomic mass is 10.00. The van der Waals surface area contributed by atoms with Crippen molar-refractivity contribution in [1.82, 2.24) is 42.1 Å². The molecule has 1 aliphatic heterocycles. The van der Waals surface area contributed by atoms with E-state index in [1.807, 2.05) is 13.8 Å². The molecule has 1 heterocycles. The van der Waals surface area contributed by atoms with Crippen LogP contribution in [0.4, 0.5) is 0 Å². The summed E-state index contributed by atoms with van der Waals surface area (Å²) in [6, 6.07) is -7.76. The highest BCUT2D eigenvalue weighted by atomic mass is 16.4. The van der Waals surface area contributed by atoms with Crippen molar-refractivity contribution in [3.63, 3.8) is 0 Å². The van der Waals surface area contributed by atoms with Gasteiger partial charge >= 0.3 is 5.97 Å². The van der Waals surface area contributed by atoms with E-state index < -0.39 is 115 Å².